The number of rotatable bonds is 2. The minimum Gasteiger partial charge on any atom is -0.307 e. The molecular weight excluding hydrogens is 363 g/mol. The number of thiophene rings is 1. The molecule has 1 fully saturated rings. The number of carbonyl (C=O) groups is 1. The summed E-state index contributed by atoms with van der Waals surface area (Å²) in [5.41, 5.74) is -0.187. The first-order valence-corrected chi connectivity index (χ1v) is 8.39. The molecule has 0 bridgehead atoms. The fourth-order valence-corrected chi connectivity index (χ4v) is 4.04. The SMILES string of the molecule is O=C1NC(=S)S/C1=C/c1ccc(-c2cccc(C(F)(F)F)c2)s1. The van der Waals surface area contributed by atoms with Gasteiger partial charge in [0.2, 0.25) is 0 Å². The second kappa shape index (κ2) is 6.10. The minimum absolute atomic E-state index is 0.256. The Balaban J connectivity index is 1.90. The smallest absolute Gasteiger partial charge is 0.307 e. The largest absolute Gasteiger partial charge is 0.416 e. The molecule has 0 unspecified atom stereocenters. The molecule has 1 N–H and O–H groups in total. The summed E-state index contributed by atoms with van der Waals surface area (Å²) in [5.74, 6) is -0.256. The number of hydrogen-bond donors (Lipinski definition) is 1. The Morgan fingerprint density at radius 3 is 2.61 bits per heavy atom. The van der Waals surface area contributed by atoms with E-state index in [-0.39, 0.29) is 5.91 Å². The van der Waals surface area contributed by atoms with Crippen molar-refractivity contribution in [3.8, 4) is 10.4 Å². The molecule has 8 heteroatoms. The van der Waals surface area contributed by atoms with Gasteiger partial charge in [-0.15, -0.1) is 11.3 Å². The molecule has 1 aromatic carbocycles. The first-order valence-electron chi connectivity index (χ1n) is 6.35. The van der Waals surface area contributed by atoms with Gasteiger partial charge in [0.1, 0.15) is 4.32 Å². The van der Waals surface area contributed by atoms with E-state index in [1.807, 2.05) is 0 Å². The van der Waals surface area contributed by atoms with Gasteiger partial charge in [0.25, 0.3) is 5.91 Å². The van der Waals surface area contributed by atoms with Crippen LogP contribution in [0.15, 0.2) is 41.3 Å². The summed E-state index contributed by atoms with van der Waals surface area (Å²) in [7, 11) is 0. The molecule has 0 aliphatic carbocycles. The maximum atomic E-state index is 12.8. The van der Waals surface area contributed by atoms with Crippen molar-refractivity contribution in [2.75, 3.05) is 0 Å². The minimum atomic E-state index is -4.37. The van der Waals surface area contributed by atoms with Gasteiger partial charge in [0.05, 0.1) is 10.5 Å². The van der Waals surface area contributed by atoms with Crippen molar-refractivity contribution in [3.05, 3.63) is 51.7 Å². The molecule has 0 spiro atoms. The molecule has 0 radical (unpaired) electrons. The van der Waals surface area contributed by atoms with Gasteiger partial charge in [-0.1, -0.05) is 36.1 Å². The van der Waals surface area contributed by atoms with E-state index < -0.39 is 11.7 Å². The Morgan fingerprint density at radius 1 is 1.17 bits per heavy atom. The maximum Gasteiger partial charge on any atom is 0.416 e. The third kappa shape index (κ3) is 3.65. The van der Waals surface area contributed by atoms with E-state index in [2.05, 4.69) is 5.32 Å². The summed E-state index contributed by atoms with van der Waals surface area (Å²) < 4.78 is 38.7. The van der Waals surface area contributed by atoms with Crippen LogP contribution in [0.4, 0.5) is 13.2 Å². The number of hydrogen-bond acceptors (Lipinski definition) is 4. The van der Waals surface area contributed by atoms with Crippen LogP contribution in [-0.4, -0.2) is 10.2 Å². The molecule has 2 nitrogen and oxygen atoms in total. The first kappa shape index (κ1) is 16.2. The number of alkyl halides is 3. The second-order valence-electron chi connectivity index (χ2n) is 4.63. The zero-order valence-electron chi connectivity index (χ0n) is 11.3. The average molecular weight is 371 g/mol. The van der Waals surface area contributed by atoms with E-state index in [0.29, 0.717) is 19.7 Å². The highest BCUT2D eigenvalue weighted by Crippen LogP contribution is 2.36. The second-order valence-corrected chi connectivity index (χ2v) is 7.47. The summed E-state index contributed by atoms with van der Waals surface area (Å²) in [6.45, 7) is 0. The molecule has 2 aromatic rings. The van der Waals surface area contributed by atoms with Crippen LogP contribution in [0.25, 0.3) is 16.5 Å². The van der Waals surface area contributed by atoms with Gasteiger partial charge in [-0.3, -0.25) is 4.79 Å². The van der Waals surface area contributed by atoms with Gasteiger partial charge in [0.15, 0.2) is 0 Å². The Bertz CT molecular complexity index is 823. The zero-order chi connectivity index (χ0) is 16.6. The predicted octanol–water partition coefficient (Wildman–Crippen LogP) is 4.92. The monoisotopic (exact) mass is 371 g/mol. The lowest BCUT2D eigenvalue weighted by atomic mass is 10.1. The summed E-state index contributed by atoms with van der Waals surface area (Å²) >= 11 is 7.39. The van der Waals surface area contributed by atoms with Crippen LogP contribution in [0, 0.1) is 0 Å². The molecule has 23 heavy (non-hydrogen) atoms. The number of carbonyl (C=O) groups excluding carboxylic acids is 1. The third-order valence-electron chi connectivity index (χ3n) is 3.02. The molecule has 0 saturated carbocycles. The van der Waals surface area contributed by atoms with Crippen molar-refractivity contribution >= 4 is 51.6 Å². The Morgan fingerprint density at radius 2 is 1.96 bits per heavy atom. The van der Waals surface area contributed by atoms with Crippen molar-refractivity contribution in [1.82, 2.24) is 5.32 Å². The lowest BCUT2D eigenvalue weighted by Gasteiger charge is -2.07. The van der Waals surface area contributed by atoms with Gasteiger partial charge >= 0.3 is 6.18 Å². The summed E-state index contributed by atoms with van der Waals surface area (Å²) in [4.78, 5) is 13.6. The van der Waals surface area contributed by atoms with Gasteiger partial charge < -0.3 is 5.32 Å². The number of amides is 1. The fourth-order valence-electron chi connectivity index (χ4n) is 1.98. The van der Waals surface area contributed by atoms with E-state index in [0.717, 1.165) is 17.0 Å². The molecular formula is C15H8F3NOS3. The fraction of sp³-hybridized carbons (Fsp3) is 0.0667. The molecule has 3 rings (SSSR count). The van der Waals surface area contributed by atoms with Gasteiger partial charge in [-0.2, -0.15) is 13.2 Å². The number of halogens is 3. The van der Waals surface area contributed by atoms with E-state index in [1.54, 1.807) is 24.3 Å². The van der Waals surface area contributed by atoms with Crippen LogP contribution in [0.3, 0.4) is 0 Å². The van der Waals surface area contributed by atoms with Crippen molar-refractivity contribution < 1.29 is 18.0 Å². The molecule has 2 heterocycles. The lowest BCUT2D eigenvalue weighted by molar-refractivity contribution is -0.137. The summed E-state index contributed by atoms with van der Waals surface area (Å²) in [6, 6.07) is 8.68. The zero-order valence-corrected chi connectivity index (χ0v) is 13.8. The van der Waals surface area contributed by atoms with Crippen molar-refractivity contribution in [1.29, 1.82) is 0 Å². The van der Waals surface area contributed by atoms with Crippen molar-refractivity contribution in [2.24, 2.45) is 0 Å². The van der Waals surface area contributed by atoms with E-state index in [9.17, 15) is 18.0 Å². The van der Waals surface area contributed by atoms with E-state index >= 15 is 0 Å². The third-order valence-corrected chi connectivity index (χ3v) is 5.26. The van der Waals surface area contributed by atoms with Crippen molar-refractivity contribution in [3.63, 3.8) is 0 Å². The van der Waals surface area contributed by atoms with E-state index in [1.165, 1.54) is 29.2 Å². The van der Waals surface area contributed by atoms with Crippen LogP contribution >= 0.6 is 35.3 Å². The normalized spacial score (nSPS) is 16.9. The number of thioether (sulfide) groups is 1. The average Bonchev–Trinajstić information content (AvgIpc) is 3.06. The number of thiocarbonyl (C=S) groups is 1. The molecule has 1 aliphatic heterocycles. The van der Waals surface area contributed by atoms with Crippen LogP contribution in [0.1, 0.15) is 10.4 Å². The molecule has 1 aromatic heterocycles. The van der Waals surface area contributed by atoms with Crippen molar-refractivity contribution in [2.45, 2.75) is 6.18 Å². The highest BCUT2D eigenvalue weighted by molar-refractivity contribution is 8.26. The highest BCUT2D eigenvalue weighted by Gasteiger charge is 2.30. The van der Waals surface area contributed by atoms with Crippen LogP contribution in [0.2, 0.25) is 0 Å². The van der Waals surface area contributed by atoms with Gasteiger partial charge in [-0.25, -0.2) is 0 Å². The quantitative estimate of drug-likeness (QED) is 0.600. The van der Waals surface area contributed by atoms with Crippen LogP contribution in [-0.2, 0) is 11.0 Å². The Labute approximate surface area is 143 Å². The summed E-state index contributed by atoms with van der Waals surface area (Å²) in [6.07, 6.45) is -2.69. The van der Waals surface area contributed by atoms with Gasteiger partial charge in [0, 0.05) is 9.75 Å². The molecule has 1 aliphatic rings. The number of benzene rings is 1. The molecule has 0 atom stereocenters. The van der Waals surface area contributed by atoms with Crippen LogP contribution < -0.4 is 5.32 Å². The van der Waals surface area contributed by atoms with E-state index in [4.69, 9.17) is 12.2 Å². The lowest BCUT2D eigenvalue weighted by Crippen LogP contribution is -2.17. The summed E-state index contributed by atoms with van der Waals surface area (Å²) in [5, 5.41) is 2.52. The predicted molar refractivity (Wildman–Crippen MR) is 91.1 cm³/mol. The van der Waals surface area contributed by atoms with Crippen LogP contribution in [0.5, 0.6) is 0 Å². The van der Waals surface area contributed by atoms with Gasteiger partial charge in [-0.05, 0) is 35.9 Å². The molecule has 1 amide bonds. The molecule has 1 saturated heterocycles. The molecule has 118 valence electrons. The standard InChI is InChI=1S/C15H8F3NOS3/c16-15(17,18)9-3-1-2-8(6-9)11-5-4-10(22-11)7-12-13(20)19-14(21)23-12/h1-7H,(H,19,20,21)/b12-7+. The number of nitrogens with one attached hydrogen (secondary N) is 1. The topological polar surface area (TPSA) is 29.1 Å². The first-order chi connectivity index (χ1) is 10.8. The Hall–Kier alpha value is -1.64. The maximum absolute atomic E-state index is 12.8. The Kier molecular flexibility index (Phi) is 4.31. The highest BCUT2D eigenvalue weighted by atomic mass is 32.2.